The quantitative estimate of drug-likeness (QED) is 0.841. The molecular formula is C13H14Cl3NO2. The van der Waals surface area contributed by atoms with Gasteiger partial charge in [0.1, 0.15) is 5.58 Å². The molecule has 0 aliphatic rings. The van der Waals surface area contributed by atoms with Crippen LogP contribution in [0.1, 0.15) is 18.6 Å². The van der Waals surface area contributed by atoms with E-state index in [9.17, 15) is 5.11 Å². The maximum atomic E-state index is 10.4. The molecule has 0 saturated carbocycles. The second kappa shape index (κ2) is 5.90. The lowest BCUT2D eigenvalue weighted by atomic mass is 10.0. The highest BCUT2D eigenvalue weighted by molar-refractivity contribution is 6.68. The lowest BCUT2D eigenvalue weighted by molar-refractivity contribution is 0.130. The molecule has 6 heteroatoms. The van der Waals surface area contributed by atoms with Crippen molar-refractivity contribution in [3.8, 4) is 0 Å². The zero-order chi connectivity index (χ0) is 14.0. The van der Waals surface area contributed by atoms with Crippen molar-refractivity contribution >= 4 is 45.8 Å². The second-order valence-electron chi connectivity index (χ2n) is 4.24. The van der Waals surface area contributed by atoms with Gasteiger partial charge >= 0.3 is 0 Å². The zero-order valence-electron chi connectivity index (χ0n) is 10.2. The summed E-state index contributed by atoms with van der Waals surface area (Å²) in [5, 5.41) is 14.3. The Kier molecular flexibility index (Phi) is 4.64. The second-order valence-corrected chi connectivity index (χ2v) is 6.61. The van der Waals surface area contributed by atoms with Crippen LogP contribution in [-0.4, -0.2) is 21.5 Å². The molecule has 0 bridgehead atoms. The van der Waals surface area contributed by atoms with Gasteiger partial charge in [-0.15, -0.1) is 0 Å². The zero-order valence-corrected chi connectivity index (χ0v) is 12.5. The predicted molar refractivity (Wildman–Crippen MR) is 78.9 cm³/mol. The van der Waals surface area contributed by atoms with E-state index in [1.54, 1.807) is 18.4 Å². The van der Waals surface area contributed by atoms with Crippen molar-refractivity contribution in [2.24, 2.45) is 0 Å². The average Bonchev–Trinajstić information content (AvgIpc) is 2.80. The minimum Gasteiger partial charge on any atom is -0.464 e. The minimum atomic E-state index is -1.60. The third kappa shape index (κ3) is 3.36. The number of hydrogen-bond donors (Lipinski definition) is 2. The van der Waals surface area contributed by atoms with E-state index >= 15 is 0 Å². The largest absolute Gasteiger partial charge is 0.464 e. The number of nitrogens with one attached hydrogen (secondary N) is 1. The van der Waals surface area contributed by atoms with Crippen LogP contribution < -0.4 is 5.32 Å². The van der Waals surface area contributed by atoms with Crippen molar-refractivity contribution in [1.29, 1.82) is 0 Å². The minimum absolute atomic E-state index is 0.582. The lowest BCUT2D eigenvalue weighted by Gasteiger charge is -2.29. The fourth-order valence-electron chi connectivity index (χ4n) is 1.97. The summed E-state index contributed by atoms with van der Waals surface area (Å²) in [6, 6.07) is 6.56. The first-order valence-electron chi connectivity index (χ1n) is 5.89. The molecule has 2 atom stereocenters. The molecule has 0 aliphatic heterocycles. The molecule has 2 aromatic rings. The van der Waals surface area contributed by atoms with E-state index < -0.39 is 15.9 Å². The molecule has 2 rings (SSSR count). The van der Waals surface area contributed by atoms with E-state index in [1.807, 2.05) is 19.1 Å². The van der Waals surface area contributed by atoms with Crippen LogP contribution in [0, 0.1) is 0 Å². The number of fused-ring (bicyclic) bond motifs is 1. The first kappa shape index (κ1) is 14.9. The molecule has 2 unspecified atom stereocenters. The predicted octanol–water partition coefficient (Wildman–Crippen LogP) is 3.81. The third-order valence-corrected chi connectivity index (χ3v) is 3.62. The maximum absolute atomic E-state index is 10.4. The number of halogens is 3. The van der Waals surface area contributed by atoms with Gasteiger partial charge in [-0.3, -0.25) is 0 Å². The van der Waals surface area contributed by atoms with Gasteiger partial charge < -0.3 is 14.8 Å². The van der Waals surface area contributed by atoms with Gasteiger partial charge in [0.15, 0.2) is 0 Å². The van der Waals surface area contributed by atoms with Crippen molar-refractivity contribution in [2.75, 3.05) is 6.54 Å². The highest BCUT2D eigenvalue weighted by atomic mass is 35.6. The molecule has 104 valence electrons. The SMILES string of the molecule is CCNC(C(O)c1ccc2ccoc2c1)C(Cl)(Cl)Cl. The fourth-order valence-corrected chi connectivity index (χ4v) is 2.56. The molecule has 3 nitrogen and oxygen atoms in total. The number of alkyl halides is 3. The molecule has 0 spiro atoms. The van der Waals surface area contributed by atoms with Crippen LogP contribution in [0.2, 0.25) is 0 Å². The Labute approximate surface area is 126 Å². The molecule has 1 heterocycles. The molecule has 0 aliphatic carbocycles. The van der Waals surface area contributed by atoms with Gasteiger partial charge in [0.25, 0.3) is 0 Å². The molecular weight excluding hydrogens is 309 g/mol. The molecule has 0 amide bonds. The number of furan rings is 1. The highest BCUT2D eigenvalue weighted by Gasteiger charge is 2.38. The third-order valence-electron chi connectivity index (χ3n) is 2.91. The Morgan fingerprint density at radius 1 is 1.32 bits per heavy atom. The van der Waals surface area contributed by atoms with Crippen molar-refractivity contribution in [1.82, 2.24) is 5.32 Å². The van der Waals surface area contributed by atoms with Crippen LogP contribution in [0.15, 0.2) is 34.9 Å². The fraction of sp³-hybridized carbons (Fsp3) is 0.385. The van der Waals surface area contributed by atoms with Crippen LogP contribution in [-0.2, 0) is 0 Å². The summed E-state index contributed by atoms with van der Waals surface area (Å²) in [6.07, 6.45) is 0.652. The van der Waals surface area contributed by atoms with Gasteiger partial charge in [0, 0.05) is 5.39 Å². The average molecular weight is 323 g/mol. The molecule has 1 aromatic heterocycles. The Morgan fingerprint density at radius 3 is 2.68 bits per heavy atom. The van der Waals surface area contributed by atoms with Crippen LogP contribution in [0.5, 0.6) is 0 Å². The highest BCUT2D eigenvalue weighted by Crippen LogP contribution is 2.37. The van der Waals surface area contributed by atoms with Crippen LogP contribution in [0.4, 0.5) is 0 Å². The number of likely N-dealkylation sites (N-methyl/N-ethyl adjacent to an activating group) is 1. The van der Waals surface area contributed by atoms with Crippen molar-refractivity contribution in [3.63, 3.8) is 0 Å². The molecule has 2 N–H and O–H groups in total. The van der Waals surface area contributed by atoms with E-state index in [1.165, 1.54) is 0 Å². The topological polar surface area (TPSA) is 45.4 Å². The van der Waals surface area contributed by atoms with E-state index in [0.717, 1.165) is 5.39 Å². The summed E-state index contributed by atoms with van der Waals surface area (Å²) in [6.45, 7) is 2.46. The number of rotatable bonds is 4. The molecule has 0 radical (unpaired) electrons. The molecule has 1 aromatic carbocycles. The van der Waals surface area contributed by atoms with Gasteiger partial charge in [-0.1, -0.05) is 53.9 Å². The normalized spacial score (nSPS) is 15.6. The Hall–Kier alpha value is -0.450. The Morgan fingerprint density at radius 2 is 2.05 bits per heavy atom. The summed E-state index contributed by atoms with van der Waals surface area (Å²) >= 11 is 17.7. The maximum Gasteiger partial charge on any atom is 0.208 e. The first-order valence-corrected chi connectivity index (χ1v) is 7.02. The van der Waals surface area contributed by atoms with E-state index in [4.69, 9.17) is 39.2 Å². The van der Waals surface area contributed by atoms with E-state index in [-0.39, 0.29) is 0 Å². The van der Waals surface area contributed by atoms with Crippen molar-refractivity contribution < 1.29 is 9.52 Å². The monoisotopic (exact) mass is 321 g/mol. The van der Waals surface area contributed by atoms with Crippen LogP contribution >= 0.6 is 34.8 Å². The van der Waals surface area contributed by atoms with Crippen molar-refractivity contribution in [2.45, 2.75) is 22.9 Å². The van der Waals surface area contributed by atoms with Gasteiger partial charge in [-0.05, 0) is 24.2 Å². The van der Waals surface area contributed by atoms with E-state index in [2.05, 4.69) is 5.32 Å². The summed E-state index contributed by atoms with van der Waals surface area (Å²) in [7, 11) is 0. The van der Waals surface area contributed by atoms with Crippen LogP contribution in [0.25, 0.3) is 11.0 Å². The number of aliphatic hydroxyl groups is 1. The molecule has 0 saturated heterocycles. The van der Waals surface area contributed by atoms with Crippen LogP contribution in [0.3, 0.4) is 0 Å². The first-order chi connectivity index (χ1) is 8.93. The number of hydrogen-bond acceptors (Lipinski definition) is 3. The number of benzene rings is 1. The summed E-state index contributed by atoms with van der Waals surface area (Å²) in [5.74, 6) is 0. The standard InChI is InChI=1S/C13H14Cl3NO2/c1-2-17-12(13(14,15)16)11(18)9-4-3-8-5-6-19-10(8)7-9/h3-7,11-12,17-18H,2H2,1H3. The molecule has 0 fully saturated rings. The van der Waals surface area contributed by atoms with E-state index in [0.29, 0.717) is 17.7 Å². The Balaban J connectivity index is 2.32. The van der Waals surface area contributed by atoms with Gasteiger partial charge in [0.05, 0.1) is 18.4 Å². The smallest absolute Gasteiger partial charge is 0.208 e. The van der Waals surface area contributed by atoms with Gasteiger partial charge in [-0.2, -0.15) is 0 Å². The van der Waals surface area contributed by atoms with Gasteiger partial charge in [0.2, 0.25) is 3.79 Å². The van der Waals surface area contributed by atoms with Crippen molar-refractivity contribution in [3.05, 3.63) is 36.1 Å². The summed E-state index contributed by atoms with van der Waals surface area (Å²) in [4.78, 5) is 0. The summed E-state index contributed by atoms with van der Waals surface area (Å²) < 4.78 is 3.70. The van der Waals surface area contributed by atoms with Gasteiger partial charge in [-0.25, -0.2) is 0 Å². The lowest BCUT2D eigenvalue weighted by Crippen LogP contribution is -2.44. The molecule has 19 heavy (non-hydrogen) atoms. The number of aliphatic hydroxyl groups excluding tert-OH is 1. The summed E-state index contributed by atoms with van der Waals surface area (Å²) in [5.41, 5.74) is 1.33. The Bertz CT molecular complexity index is 550.